The second kappa shape index (κ2) is 8.84. The summed E-state index contributed by atoms with van der Waals surface area (Å²) in [5.41, 5.74) is 1.03. The Labute approximate surface area is 178 Å². The van der Waals surface area contributed by atoms with Gasteiger partial charge in [-0.2, -0.15) is 0 Å². The first-order valence-electron chi connectivity index (χ1n) is 9.38. The van der Waals surface area contributed by atoms with Gasteiger partial charge in [0.25, 0.3) is 5.91 Å². The van der Waals surface area contributed by atoms with E-state index in [0.717, 1.165) is 12.1 Å². The summed E-state index contributed by atoms with van der Waals surface area (Å²) in [5, 5.41) is 1.92. The highest BCUT2D eigenvalue weighted by Crippen LogP contribution is 2.25. The predicted octanol–water partition coefficient (Wildman–Crippen LogP) is 4.01. The first-order chi connectivity index (χ1) is 14.6. The zero-order chi connectivity index (χ0) is 22.8. The molecular weight excluding hydrogens is 428 g/mol. The van der Waals surface area contributed by atoms with Gasteiger partial charge < -0.3 is 9.73 Å². The lowest BCUT2D eigenvalue weighted by Gasteiger charge is -2.11. The second-order valence-corrected chi connectivity index (χ2v) is 9.34. The maximum Gasteiger partial charge on any atom is 0.254 e. The third-order valence-electron chi connectivity index (χ3n) is 4.48. The van der Waals surface area contributed by atoms with Crippen molar-refractivity contribution >= 4 is 21.6 Å². The summed E-state index contributed by atoms with van der Waals surface area (Å²) in [6.07, 6.45) is 0. The number of aromatic nitrogens is 1. The average molecular weight is 449 g/mol. The van der Waals surface area contributed by atoms with Gasteiger partial charge in [0.15, 0.2) is 0 Å². The number of anilines is 1. The molecule has 0 spiro atoms. The maximum atomic E-state index is 13.8. The molecule has 0 saturated carbocycles. The Hall–Kier alpha value is -3.27. The van der Waals surface area contributed by atoms with Crippen LogP contribution in [0.25, 0.3) is 11.5 Å². The van der Waals surface area contributed by atoms with E-state index < -0.39 is 32.8 Å². The van der Waals surface area contributed by atoms with E-state index in [9.17, 15) is 22.0 Å². The topological polar surface area (TPSA) is 101 Å². The van der Waals surface area contributed by atoms with Crippen LogP contribution in [0.4, 0.5) is 14.5 Å². The molecule has 0 bridgehead atoms. The summed E-state index contributed by atoms with van der Waals surface area (Å²) in [5.74, 6) is -1.78. The molecule has 0 radical (unpaired) electrons. The lowest BCUT2D eigenvalue weighted by molar-refractivity contribution is 0.0946. The molecule has 0 aliphatic heterocycles. The number of hydrogen-bond donors (Lipinski definition) is 2. The van der Waals surface area contributed by atoms with Crippen molar-refractivity contribution in [1.29, 1.82) is 0 Å². The fraction of sp³-hybridized carbons (Fsp3) is 0.238. The van der Waals surface area contributed by atoms with Crippen LogP contribution in [0, 0.1) is 18.6 Å². The van der Waals surface area contributed by atoms with Gasteiger partial charge in [-0.1, -0.05) is 6.07 Å². The van der Waals surface area contributed by atoms with Crippen molar-refractivity contribution in [2.24, 2.45) is 0 Å². The molecule has 3 aromatic rings. The van der Waals surface area contributed by atoms with E-state index >= 15 is 0 Å². The third kappa shape index (κ3) is 5.26. The summed E-state index contributed by atoms with van der Waals surface area (Å²) in [6, 6.07) is 9.25. The molecule has 1 amide bonds. The summed E-state index contributed by atoms with van der Waals surface area (Å²) in [7, 11) is -3.51. The van der Waals surface area contributed by atoms with Crippen LogP contribution in [0.1, 0.15) is 35.7 Å². The molecule has 7 nitrogen and oxygen atoms in total. The van der Waals surface area contributed by atoms with E-state index in [1.807, 2.05) is 0 Å². The van der Waals surface area contributed by atoms with Crippen LogP contribution in [-0.4, -0.2) is 24.6 Å². The normalized spacial score (nSPS) is 11.5. The largest absolute Gasteiger partial charge is 0.441 e. The molecule has 10 heteroatoms. The molecule has 0 unspecified atom stereocenters. The van der Waals surface area contributed by atoms with Gasteiger partial charge in [0.2, 0.25) is 15.9 Å². The molecule has 2 N–H and O–H groups in total. The minimum Gasteiger partial charge on any atom is -0.441 e. The van der Waals surface area contributed by atoms with Crippen LogP contribution in [0.3, 0.4) is 0 Å². The second-order valence-electron chi connectivity index (χ2n) is 7.11. The Morgan fingerprint density at radius 2 is 1.90 bits per heavy atom. The van der Waals surface area contributed by atoms with Crippen molar-refractivity contribution in [2.45, 2.75) is 32.6 Å². The quantitative estimate of drug-likeness (QED) is 0.568. The van der Waals surface area contributed by atoms with Gasteiger partial charge >= 0.3 is 0 Å². The number of hydrogen-bond acceptors (Lipinski definition) is 5. The van der Waals surface area contributed by atoms with Crippen molar-refractivity contribution in [3.8, 4) is 11.5 Å². The number of aryl methyl sites for hydroxylation is 1. The Bertz CT molecular complexity index is 1220. The molecule has 1 heterocycles. The summed E-state index contributed by atoms with van der Waals surface area (Å²) >= 11 is 0. The molecule has 164 valence electrons. The van der Waals surface area contributed by atoms with Gasteiger partial charge in [-0.15, -0.1) is 0 Å². The average Bonchev–Trinajstić information content (AvgIpc) is 3.06. The van der Waals surface area contributed by atoms with Crippen LogP contribution in [0.2, 0.25) is 0 Å². The van der Waals surface area contributed by atoms with Crippen molar-refractivity contribution in [2.75, 3.05) is 4.72 Å². The Balaban J connectivity index is 1.75. The maximum absolute atomic E-state index is 13.8. The van der Waals surface area contributed by atoms with Crippen LogP contribution < -0.4 is 10.0 Å². The molecule has 0 aliphatic rings. The summed E-state index contributed by atoms with van der Waals surface area (Å²) in [6.45, 7) is 4.76. The molecule has 0 saturated heterocycles. The minimum absolute atomic E-state index is 0.0371. The first-order valence-corrected chi connectivity index (χ1v) is 10.9. The van der Waals surface area contributed by atoms with Crippen molar-refractivity contribution in [1.82, 2.24) is 10.3 Å². The smallest absolute Gasteiger partial charge is 0.254 e. The predicted molar refractivity (Wildman–Crippen MR) is 112 cm³/mol. The lowest BCUT2D eigenvalue weighted by atomic mass is 10.2. The van der Waals surface area contributed by atoms with E-state index in [-0.39, 0.29) is 18.0 Å². The van der Waals surface area contributed by atoms with Crippen LogP contribution in [0.5, 0.6) is 0 Å². The zero-order valence-electron chi connectivity index (χ0n) is 17.1. The SMILES string of the molecule is Cc1oc(-c2cccc(NS(=O)(=O)C(C)C)c2)nc1CNC(=O)c1ccc(F)cc1F. The van der Waals surface area contributed by atoms with Gasteiger partial charge in [-0.3, -0.25) is 9.52 Å². The molecule has 0 atom stereocenters. The Kier molecular flexibility index (Phi) is 6.40. The highest BCUT2D eigenvalue weighted by molar-refractivity contribution is 7.93. The molecule has 0 fully saturated rings. The number of sulfonamides is 1. The highest BCUT2D eigenvalue weighted by atomic mass is 32.2. The van der Waals surface area contributed by atoms with Crippen molar-refractivity contribution in [3.63, 3.8) is 0 Å². The van der Waals surface area contributed by atoms with E-state index in [0.29, 0.717) is 28.8 Å². The Morgan fingerprint density at radius 3 is 2.58 bits per heavy atom. The van der Waals surface area contributed by atoms with Crippen LogP contribution in [0.15, 0.2) is 46.9 Å². The number of oxazole rings is 1. The summed E-state index contributed by atoms with van der Waals surface area (Å²) < 4.78 is 59.1. The van der Waals surface area contributed by atoms with E-state index in [4.69, 9.17) is 4.42 Å². The van der Waals surface area contributed by atoms with Gasteiger partial charge in [0, 0.05) is 17.3 Å². The van der Waals surface area contributed by atoms with E-state index in [2.05, 4.69) is 15.0 Å². The number of nitrogens with zero attached hydrogens (tertiary/aromatic N) is 1. The van der Waals surface area contributed by atoms with Crippen LogP contribution in [-0.2, 0) is 16.6 Å². The number of halogens is 2. The number of carbonyl (C=O) groups excluding carboxylic acids is 1. The van der Waals surface area contributed by atoms with Crippen LogP contribution >= 0.6 is 0 Å². The third-order valence-corrected chi connectivity index (χ3v) is 6.24. The standard InChI is InChI=1S/C21H21F2N3O4S/c1-12(2)31(28,29)26-16-6-4-5-14(9-16)21-25-19(13(3)30-21)11-24-20(27)17-8-7-15(22)10-18(17)23/h4-10,12,26H,11H2,1-3H3,(H,24,27). The molecule has 2 aromatic carbocycles. The highest BCUT2D eigenvalue weighted by Gasteiger charge is 2.18. The number of benzene rings is 2. The monoisotopic (exact) mass is 449 g/mol. The minimum atomic E-state index is -3.51. The number of rotatable bonds is 7. The van der Waals surface area contributed by atoms with Gasteiger partial charge in [-0.25, -0.2) is 22.2 Å². The lowest BCUT2D eigenvalue weighted by Crippen LogP contribution is -2.24. The number of carbonyl (C=O) groups is 1. The first kappa shape index (κ1) is 22.4. The number of amides is 1. The fourth-order valence-corrected chi connectivity index (χ4v) is 3.34. The Morgan fingerprint density at radius 1 is 1.16 bits per heavy atom. The molecule has 0 aliphatic carbocycles. The van der Waals surface area contributed by atoms with Gasteiger partial charge in [0.1, 0.15) is 23.1 Å². The zero-order valence-corrected chi connectivity index (χ0v) is 17.9. The molecule has 31 heavy (non-hydrogen) atoms. The summed E-state index contributed by atoms with van der Waals surface area (Å²) in [4.78, 5) is 16.5. The number of nitrogens with one attached hydrogen (secondary N) is 2. The van der Waals surface area contributed by atoms with Crippen molar-refractivity contribution in [3.05, 3.63) is 71.1 Å². The van der Waals surface area contributed by atoms with Crippen molar-refractivity contribution < 1.29 is 26.4 Å². The fourth-order valence-electron chi connectivity index (χ4n) is 2.65. The molecule has 1 aromatic heterocycles. The van der Waals surface area contributed by atoms with Gasteiger partial charge in [-0.05, 0) is 51.1 Å². The molecular formula is C21H21F2N3O4S. The van der Waals surface area contributed by atoms with Gasteiger partial charge in [0.05, 0.1) is 17.4 Å². The molecule has 3 rings (SSSR count). The van der Waals surface area contributed by atoms with E-state index in [1.54, 1.807) is 45.0 Å². The van der Waals surface area contributed by atoms with E-state index in [1.165, 1.54) is 0 Å².